The maximum absolute atomic E-state index is 5.27. The van der Waals surface area contributed by atoms with Crippen molar-refractivity contribution in [2.45, 2.75) is 0 Å². The van der Waals surface area contributed by atoms with Gasteiger partial charge in [0.25, 0.3) is 0 Å². The van der Waals surface area contributed by atoms with Crippen LogP contribution in [-0.2, 0) is 0 Å². The third-order valence-corrected chi connectivity index (χ3v) is 4.42. The van der Waals surface area contributed by atoms with Crippen molar-refractivity contribution in [1.29, 1.82) is 0 Å². The smallest absolute Gasteiger partial charge is 0.235 e. The number of fused-ring (bicyclic) bond motifs is 1. The van der Waals surface area contributed by atoms with E-state index < -0.39 is 0 Å². The van der Waals surface area contributed by atoms with Crippen LogP contribution in [0.5, 0.6) is 5.75 Å². The molecule has 0 atom stereocenters. The first-order valence-electron chi connectivity index (χ1n) is 7.43. The van der Waals surface area contributed by atoms with E-state index in [1.165, 1.54) is 11.3 Å². The summed E-state index contributed by atoms with van der Waals surface area (Å²) in [5.74, 6) is 1.49. The molecule has 0 aliphatic rings. The summed E-state index contributed by atoms with van der Waals surface area (Å²) >= 11 is 1.50. The molecule has 118 valence electrons. The Balaban J connectivity index is 1.69. The summed E-state index contributed by atoms with van der Waals surface area (Å²) in [4.78, 5) is 0.764. The molecule has 24 heavy (non-hydrogen) atoms. The number of hydrogen-bond donors (Lipinski definition) is 0. The first-order valence-corrected chi connectivity index (χ1v) is 8.25. The zero-order valence-corrected chi connectivity index (χ0v) is 13.8. The number of methoxy groups -OCH3 is 1. The highest BCUT2D eigenvalue weighted by molar-refractivity contribution is 7.17. The van der Waals surface area contributed by atoms with Crippen LogP contribution in [0.2, 0.25) is 0 Å². The van der Waals surface area contributed by atoms with Gasteiger partial charge in [0.15, 0.2) is 5.82 Å². The molecule has 0 saturated heterocycles. The van der Waals surface area contributed by atoms with Gasteiger partial charge in [0, 0.05) is 5.56 Å². The van der Waals surface area contributed by atoms with Gasteiger partial charge in [0.2, 0.25) is 4.96 Å². The van der Waals surface area contributed by atoms with Crippen molar-refractivity contribution in [2.24, 2.45) is 0 Å². The van der Waals surface area contributed by atoms with Crippen LogP contribution in [0.1, 0.15) is 10.6 Å². The second-order valence-corrected chi connectivity index (χ2v) is 6.12. The van der Waals surface area contributed by atoms with Crippen LogP contribution < -0.4 is 4.74 Å². The lowest BCUT2D eigenvalue weighted by Gasteiger charge is -2.01. The van der Waals surface area contributed by atoms with Crippen LogP contribution in [0.25, 0.3) is 28.5 Å². The van der Waals surface area contributed by atoms with E-state index in [2.05, 4.69) is 27.4 Å². The molecule has 0 aliphatic heterocycles. The quantitative estimate of drug-likeness (QED) is 0.565. The van der Waals surface area contributed by atoms with Crippen molar-refractivity contribution >= 4 is 28.4 Å². The molecule has 4 rings (SSSR count). The number of hydrogen-bond acceptors (Lipinski definition) is 5. The Morgan fingerprint density at radius 3 is 2.71 bits per heavy atom. The number of ether oxygens (including phenoxy) is 1. The minimum absolute atomic E-state index is 0.708. The summed E-state index contributed by atoms with van der Waals surface area (Å²) in [6.45, 7) is 0. The highest BCUT2D eigenvalue weighted by Gasteiger charge is 2.12. The topological polar surface area (TPSA) is 52.3 Å². The van der Waals surface area contributed by atoms with Crippen LogP contribution in [0.4, 0.5) is 0 Å². The van der Waals surface area contributed by atoms with Gasteiger partial charge in [-0.05, 0) is 23.8 Å². The van der Waals surface area contributed by atoms with Gasteiger partial charge in [0.05, 0.1) is 7.11 Å². The average molecular weight is 334 g/mol. The fourth-order valence-corrected chi connectivity index (χ4v) is 3.11. The first-order chi connectivity index (χ1) is 11.8. The van der Waals surface area contributed by atoms with Crippen LogP contribution >= 0.6 is 11.3 Å². The summed E-state index contributed by atoms with van der Waals surface area (Å²) in [6.07, 6.45) is 4.03. The third-order valence-electron chi connectivity index (χ3n) is 3.55. The maximum Gasteiger partial charge on any atom is 0.235 e. The van der Waals surface area contributed by atoms with Crippen LogP contribution in [0.3, 0.4) is 0 Å². The van der Waals surface area contributed by atoms with Gasteiger partial charge < -0.3 is 4.74 Å². The van der Waals surface area contributed by atoms with Gasteiger partial charge in [-0.25, -0.2) is 0 Å². The van der Waals surface area contributed by atoms with E-state index in [4.69, 9.17) is 4.74 Å². The maximum atomic E-state index is 5.27. The van der Waals surface area contributed by atoms with E-state index in [1.807, 2.05) is 54.6 Å². The van der Waals surface area contributed by atoms with Crippen molar-refractivity contribution in [2.75, 3.05) is 7.11 Å². The highest BCUT2D eigenvalue weighted by atomic mass is 32.1. The standard InChI is InChI=1S/C18H14N4OS/c1-23-15-9-5-8-14(12-15)17-19-20-18-22(17)21-16(24-18)11-10-13-6-3-2-4-7-13/h2-12H,1H3. The SMILES string of the molecule is COc1cccc(-c2nnc3sc(C=Cc4ccccc4)nn23)c1. The van der Waals surface area contributed by atoms with E-state index in [0.717, 1.165) is 26.8 Å². The Morgan fingerprint density at radius 1 is 1.00 bits per heavy atom. The number of nitrogens with zero attached hydrogens (tertiary/aromatic N) is 4. The summed E-state index contributed by atoms with van der Waals surface area (Å²) < 4.78 is 7.04. The molecule has 0 spiro atoms. The minimum atomic E-state index is 0.708. The van der Waals surface area contributed by atoms with Crippen molar-refractivity contribution in [3.05, 3.63) is 65.2 Å². The van der Waals surface area contributed by atoms with Gasteiger partial charge in [-0.2, -0.15) is 9.61 Å². The summed E-state index contributed by atoms with van der Waals surface area (Å²) in [5, 5.41) is 13.9. The molecule has 4 aromatic rings. The number of rotatable bonds is 4. The summed E-state index contributed by atoms with van der Waals surface area (Å²) in [7, 11) is 1.65. The second-order valence-electron chi connectivity index (χ2n) is 5.13. The summed E-state index contributed by atoms with van der Waals surface area (Å²) in [6, 6.07) is 17.9. The lowest BCUT2D eigenvalue weighted by Crippen LogP contribution is -1.91. The van der Waals surface area contributed by atoms with E-state index in [9.17, 15) is 0 Å². The fourth-order valence-electron chi connectivity index (χ4n) is 2.37. The molecule has 6 heteroatoms. The highest BCUT2D eigenvalue weighted by Crippen LogP contribution is 2.25. The van der Waals surface area contributed by atoms with Crippen LogP contribution in [-0.4, -0.2) is 26.9 Å². The molecule has 2 aromatic heterocycles. The zero-order chi connectivity index (χ0) is 16.4. The Morgan fingerprint density at radius 2 is 1.88 bits per heavy atom. The first kappa shape index (κ1) is 14.6. The van der Waals surface area contributed by atoms with E-state index >= 15 is 0 Å². The van der Waals surface area contributed by atoms with Crippen molar-refractivity contribution in [3.8, 4) is 17.1 Å². The predicted molar refractivity (Wildman–Crippen MR) is 96.0 cm³/mol. The zero-order valence-electron chi connectivity index (χ0n) is 13.0. The van der Waals surface area contributed by atoms with Crippen LogP contribution in [0, 0.1) is 0 Å². The van der Waals surface area contributed by atoms with Crippen molar-refractivity contribution < 1.29 is 4.74 Å². The molecule has 0 N–H and O–H groups in total. The van der Waals surface area contributed by atoms with Gasteiger partial charge in [-0.15, -0.1) is 10.2 Å². The Labute approximate surface area is 142 Å². The van der Waals surface area contributed by atoms with E-state index in [-0.39, 0.29) is 0 Å². The minimum Gasteiger partial charge on any atom is -0.497 e. The molecule has 0 saturated carbocycles. The largest absolute Gasteiger partial charge is 0.497 e. The van der Waals surface area contributed by atoms with E-state index in [0.29, 0.717) is 5.82 Å². The molecule has 0 fully saturated rings. The van der Waals surface area contributed by atoms with Gasteiger partial charge in [0.1, 0.15) is 10.8 Å². The molecule has 5 nitrogen and oxygen atoms in total. The molecule has 2 heterocycles. The lowest BCUT2D eigenvalue weighted by molar-refractivity contribution is 0.415. The van der Waals surface area contributed by atoms with Crippen molar-refractivity contribution in [1.82, 2.24) is 19.8 Å². The van der Waals surface area contributed by atoms with E-state index in [1.54, 1.807) is 11.6 Å². The van der Waals surface area contributed by atoms with Gasteiger partial charge in [-0.3, -0.25) is 0 Å². The molecule has 2 aromatic carbocycles. The third kappa shape index (κ3) is 2.79. The van der Waals surface area contributed by atoms with Gasteiger partial charge in [-0.1, -0.05) is 59.9 Å². The number of aromatic nitrogens is 4. The number of benzene rings is 2. The average Bonchev–Trinajstić information content (AvgIpc) is 3.21. The Bertz CT molecular complexity index is 1000. The summed E-state index contributed by atoms with van der Waals surface area (Å²) in [5.41, 5.74) is 2.06. The molecule has 0 amide bonds. The molecule has 0 radical (unpaired) electrons. The fraction of sp³-hybridized carbons (Fsp3) is 0.0556. The monoisotopic (exact) mass is 334 g/mol. The molecular formula is C18H14N4OS. The lowest BCUT2D eigenvalue weighted by atomic mass is 10.2. The Kier molecular flexibility index (Phi) is 3.80. The predicted octanol–water partition coefficient (Wildman–Crippen LogP) is 4.03. The second kappa shape index (κ2) is 6.25. The molecule has 0 aliphatic carbocycles. The van der Waals surface area contributed by atoms with Crippen molar-refractivity contribution in [3.63, 3.8) is 0 Å². The Hall–Kier alpha value is -2.99. The molecule has 0 unspecified atom stereocenters. The molecular weight excluding hydrogens is 320 g/mol. The van der Waals surface area contributed by atoms with Crippen LogP contribution in [0.15, 0.2) is 54.6 Å². The molecule has 0 bridgehead atoms. The normalized spacial score (nSPS) is 11.4. The van der Waals surface area contributed by atoms with Gasteiger partial charge >= 0.3 is 0 Å².